The van der Waals surface area contributed by atoms with Crippen molar-refractivity contribution >= 4 is 5.91 Å². The van der Waals surface area contributed by atoms with Gasteiger partial charge in [0, 0.05) is 13.0 Å². The Balaban J connectivity index is 1.44. The molecule has 1 fully saturated rings. The predicted molar refractivity (Wildman–Crippen MR) is 87.1 cm³/mol. The maximum atomic E-state index is 12.0. The van der Waals surface area contributed by atoms with Crippen LogP contribution in [0, 0.1) is 0 Å². The highest BCUT2D eigenvalue weighted by Gasteiger charge is 2.19. The number of nitrogens with one attached hydrogen (secondary N) is 1. The molecule has 3 rings (SSSR count). The van der Waals surface area contributed by atoms with E-state index in [2.05, 4.69) is 15.5 Å². The molecule has 1 amide bonds. The molecule has 1 aliphatic rings. The normalized spacial score (nSPS) is 18.5. The third kappa shape index (κ3) is 4.87. The molecule has 0 saturated carbocycles. The second kappa shape index (κ2) is 8.03. The molecule has 7 heteroatoms. The minimum Gasteiger partial charge on any atom is -0.392 e. The lowest BCUT2D eigenvalue weighted by Crippen LogP contribution is -2.44. The number of rotatable bonds is 6. The number of β-amino-alcohol motifs (C(OH)–C–C–N with tert-alkyl or cyclic N) is 1. The first-order chi connectivity index (χ1) is 11.7. The van der Waals surface area contributed by atoms with E-state index in [9.17, 15) is 9.90 Å². The van der Waals surface area contributed by atoms with Crippen LogP contribution >= 0.6 is 0 Å². The van der Waals surface area contributed by atoms with Crippen molar-refractivity contribution in [2.45, 2.75) is 31.9 Å². The quantitative estimate of drug-likeness (QED) is 0.811. The van der Waals surface area contributed by atoms with Gasteiger partial charge in [-0.3, -0.25) is 9.69 Å². The van der Waals surface area contributed by atoms with Gasteiger partial charge in [0.05, 0.1) is 19.2 Å². The Hall–Kier alpha value is -2.25. The van der Waals surface area contributed by atoms with E-state index in [1.54, 1.807) is 0 Å². The van der Waals surface area contributed by atoms with Crippen LogP contribution in [0.2, 0.25) is 0 Å². The highest BCUT2D eigenvalue weighted by atomic mass is 16.5. The number of aromatic nitrogens is 2. The summed E-state index contributed by atoms with van der Waals surface area (Å²) in [4.78, 5) is 18.2. The van der Waals surface area contributed by atoms with Gasteiger partial charge in [-0.2, -0.15) is 4.98 Å². The lowest BCUT2D eigenvalue weighted by Gasteiger charge is -2.29. The van der Waals surface area contributed by atoms with E-state index in [1.165, 1.54) is 0 Å². The molecule has 24 heavy (non-hydrogen) atoms. The Morgan fingerprint density at radius 2 is 2.21 bits per heavy atom. The number of carbonyl (C=O) groups excluding carboxylic acids is 1. The van der Waals surface area contributed by atoms with Gasteiger partial charge in [-0.05, 0) is 24.9 Å². The molecule has 1 aliphatic heterocycles. The van der Waals surface area contributed by atoms with Crippen molar-refractivity contribution in [1.82, 2.24) is 20.4 Å². The first-order valence-electron chi connectivity index (χ1n) is 8.21. The van der Waals surface area contributed by atoms with Gasteiger partial charge >= 0.3 is 0 Å². The standard InChI is InChI=1S/C17H22N4O3/c22-14-7-4-8-21(11-14)12-16(23)18-10-17-19-15(20-24-17)9-13-5-2-1-3-6-13/h1-3,5-6,14,22H,4,7-12H2,(H,18,23). The molecule has 1 atom stereocenters. The van der Waals surface area contributed by atoms with E-state index >= 15 is 0 Å². The number of carbonyl (C=O) groups is 1. The van der Waals surface area contributed by atoms with Crippen LogP contribution in [0.4, 0.5) is 0 Å². The summed E-state index contributed by atoms with van der Waals surface area (Å²) in [6.07, 6.45) is 2.00. The molecule has 2 N–H and O–H groups in total. The molecular formula is C17H22N4O3. The summed E-state index contributed by atoms with van der Waals surface area (Å²) in [5.74, 6) is 0.893. The Labute approximate surface area is 140 Å². The zero-order chi connectivity index (χ0) is 16.8. The van der Waals surface area contributed by atoms with Gasteiger partial charge in [0.25, 0.3) is 0 Å². The zero-order valence-electron chi connectivity index (χ0n) is 13.5. The summed E-state index contributed by atoms with van der Waals surface area (Å²) in [5.41, 5.74) is 1.11. The highest BCUT2D eigenvalue weighted by Crippen LogP contribution is 2.09. The number of aliphatic hydroxyl groups is 1. The third-order valence-electron chi connectivity index (χ3n) is 4.00. The average molecular weight is 330 g/mol. The Morgan fingerprint density at radius 1 is 1.38 bits per heavy atom. The molecule has 1 saturated heterocycles. The van der Waals surface area contributed by atoms with Gasteiger partial charge in [0.2, 0.25) is 11.8 Å². The number of amides is 1. The van der Waals surface area contributed by atoms with E-state index in [-0.39, 0.29) is 25.1 Å². The smallest absolute Gasteiger partial charge is 0.246 e. The van der Waals surface area contributed by atoms with E-state index in [4.69, 9.17) is 4.52 Å². The number of benzene rings is 1. The van der Waals surface area contributed by atoms with Crippen LogP contribution in [-0.2, 0) is 17.8 Å². The highest BCUT2D eigenvalue weighted by molar-refractivity contribution is 5.77. The molecule has 0 radical (unpaired) electrons. The van der Waals surface area contributed by atoms with Gasteiger partial charge < -0.3 is 14.9 Å². The summed E-state index contributed by atoms with van der Waals surface area (Å²) in [5, 5.41) is 16.3. The minimum absolute atomic E-state index is 0.105. The fourth-order valence-corrected chi connectivity index (χ4v) is 2.82. The fraction of sp³-hybridized carbons (Fsp3) is 0.471. The lowest BCUT2D eigenvalue weighted by molar-refractivity contribution is -0.123. The van der Waals surface area contributed by atoms with Gasteiger partial charge in [-0.1, -0.05) is 35.5 Å². The summed E-state index contributed by atoms with van der Waals surface area (Å²) in [7, 11) is 0. The second-order valence-corrected chi connectivity index (χ2v) is 6.07. The SMILES string of the molecule is O=C(CN1CCCC(O)C1)NCc1nc(Cc2ccccc2)no1. The van der Waals surface area contributed by atoms with Gasteiger partial charge in [0.15, 0.2) is 5.82 Å². The monoisotopic (exact) mass is 330 g/mol. The van der Waals surface area contributed by atoms with Crippen LogP contribution in [0.1, 0.15) is 30.1 Å². The summed E-state index contributed by atoms with van der Waals surface area (Å²) < 4.78 is 5.16. The Morgan fingerprint density at radius 3 is 3.00 bits per heavy atom. The van der Waals surface area contributed by atoms with Crippen molar-refractivity contribution in [3.8, 4) is 0 Å². The molecule has 2 aromatic rings. The van der Waals surface area contributed by atoms with Crippen LogP contribution in [0.15, 0.2) is 34.9 Å². The molecule has 0 spiro atoms. The fourth-order valence-electron chi connectivity index (χ4n) is 2.82. The van der Waals surface area contributed by atoms with Crippen molar-refractivity contribution in [1.29, 1.82) is 0 Å². The van der Waals surface area contributed by atoms with Crippen molar-refractivity contribution < 1.29 is 14.4 Å². The van der Waals surface area contributed by atoms with Crippen molar-refractivity contribution in [3.63, 3.8) is 0 Å². The van der Waals surface area contributed by atoms with Crippen molar-refractivity contribution in [3.05, 3.63) is 47.6 Å². The molecule has 0 bridgehead atoms. The maximum Gasteiger partial charge on any atom is 0.246 e. The average Bonchev–Trinajstić information content (AvgIpc) is 3.01. The zero-order valence-corrected chi connectivity index (χ0v) is 13.5. The Bertz CT molecular complexity index is 659. The first kappa shape index (κ1) is 16.6. The van der Waals surface area contributed by atoms with Crippen LogP contribution in [0.3, 0.4) is 0 Å². The van der Waals surface area contributed by atoms with E-state index in [0.717, 1.165) is 24.9 Å². The summed E-state index contributed by atoms with van der Waals surface area (Å²) in [6, 6.07) is 9.90. The third-order valence-corrected chi connectivity index (χ3v) is 4.00. The van der Waals surface area contributed by atoms with E-state index in [0.29, 0.717) is 24.7 Å². The number of nitrogens with zero attached hydrogens (tertiary/aromatic N) is 3. The minimum atomic E-state index is -0.331. The van der Waals surface area contributed by atoms with Gasteiger partial charge in [-0.15, -0.1) is 0 Å². The second-order valence-electron chi connectivity index (χ2n) is 6.07. The number of likely N-dealkylation sites (tertiary alicyclic amines) is 1. The van der Waals surface area contributed by atoms with Crippen molar-refractivity contribution in [2.24, 2.45) is 0 Å². The molecule has 2 heterocycles. The molecule has 1 unspecified atom stereocenters. The van der Waals surface area contributed by atoms with Crippen LogP contribution in [0.25, 0.3) is 0 Å². The largest absolute Gasteiger partial charge is 0.392 e. The summed E-state index contributed by atoms with van der Waals surface area (Å²) >= 11 is 0. The molecule has 0 aliphatic carbocycles. The first-order valence-corrected chi connectivity index (χ1v) is 8.21. The van der Waals surface area contributed by atoms with Gasteiger partial charge in [-0.25, -0.2) is 0 Å². The van der Waals surface area contributed by atoms with Crippen LogP contribution in [0.5, 0.6) is 0 Å². The molecular weight excluding hydrogens is 308 g/mol. The van der Waals surface area contributed by atoms with Gasteiger partial charge in [0.1, 0.15) is 0 Å². The Kier molecular flexibility index (Phi) is 5.55. The number of hydrogen-bond acceptors (Lipinski definition) is 6. The van der Waals surface area contributed by atoms with E-state index in [1.807, 2.05) is 35.2 Å². The van der Waals surface area contributed by atoms with Crippen molar-refractivity contribution in [2.75, 3.05) is 19.6 Å². The summed E-state index contributed by atoms with van der Waals surface area (Å²) in [6.45, 7) is 1.89. The lowest BCUT2D eigenvalue weighted by atomic mass is 10.1. The van der Waals surface area contributed by atoms with Crippen LogP contribution in [-0.4, -0.2) is 51.8 Å². The topological polar surface area (TPSA) is 91.5 Å². The molecule has 7 nitrogen and oxygen atoms in total. The molecule has 1 aromatic carbocycles. The number of hydrogen-bond donors (Lipinski definition) is 2. The predicted octanol–water partition coefficient (Wildman–Crippen LogP) is 0.733. The molecule has 1 aromatic heterocycles. The maximum absolute atomic E-state index is 12.0. The van der Waals surface area contributed by atoms with Crippen LogP contribution < -0.4 is 5.32 Å². The number of piperidine rings is 1. The van der Waals surface area contributed by atoms with E-state index < -0.39 is 0 Å². The molecule has 128 valence electrons. The number of aliphatic hydroxyl groups excluding tert-OH is 1.